The predicted molar refractivity (Wildman–Crippen MR) is 141 cm³/mol. The van der Waals surface area contributed by atoms with Crippen LogP contribution in [0.4, 0.5) is 5.69 Å². The van der Waals surface area contributed by atoms with Gasteiger partial charge in [-0.3, -0.25) is 4.79 Å². The summed E-state index contributed by atoms with van der Waals surface area (Å²) in [6, 6.07) is 20.4. The van der Waals surface area contributed by atoms with Gasteiger partial charge in [0.25, 0.3) is 0 Å². The van der Waals surface area contributed by atoms with Gasteiger partial charge in [0.1, 0.15) is 11.5 Å². The third-order valence-corrected chi connectivity index (χ3v) is 7.18. The zero-order valence-electron chi connectivity index (χ0n) is 20.0. The van der Waals surface area contributed by atoms with E-state index in [1.165, 1.54) is 0 Å². The van der Waals surface area contributed by atoms with Gasteiger partial charge >= 0.3 is 0 Å². The first-order valence-corrected chi connectivity index (χ1v) is 12.5. The second-order valence-electron chi connectivity index (χ2n) is 9.31. The van der Waals surface area contributed by atoms with E-state index in [1.807, 2.05) is 76.3 Å². The molecule has 1 saturated heterocycles. The van der Waals surface area contributed by atoms with Crippen molar-refractivity contribution < 1.29 is 9.53 Å². The van der Waals surface area contributed by atoms with Crippen LogP contribution >= 0.6 is 11.6 Å². The fourth-order valence-corrected chi connectivity index (χ4v) is 5.34. The van der Waals surface area contributed by atoms with Gasteiger partial charge in [0.2, 0.25) is 11.6 Å². The van der Waals surface area contributed by atoms with Crippen molar-refractivity contribution in [3.8, 4) is 11.5 Å². The van der Waals surface area contributed by atoms with Crippen LogP contribution in [0.25, 0.3) is 4.85 Å². The van der Waals surface area contributed by atoms with Gasteiger partial charge in [0, 0.05) is 30.9 Å². The lowest BCUT2D eigenvalue weighted by Crippen LogP contribution is -2.40. The van der Waals surface area contributed by atoms with E-state index in [9.17, 15) is 4.79 Å². The summed E-state index contributed by atoms with van der Waals surface area (Å²) in [4.78, 5) is 23.6. The summed E-state index contributed by atoms with van der Waals surface area (Å²) in [5, 5.41) is 4.07. The minimum Gasteiger partial charge on any atom is -0.468 e. The van der Waals surface area contributed by atoms with Crippen LogP contribution in [0.3, 0.4) is 0 Å². The number of carbonyl (C=O) groups is 1. The number of nitrogens with one attached hydrogen (secondary N) is 1. The fraction of sp³-hybridized carbons (Fsp3) is 0.207. The van der Waals surface area contributed by atoms with Crippen LogP contribution in [0.15, 0.2) is 79.3 Å². The molecule has 4 aromatic rings. The SMILES string of the molecule is [C-]#[N+]c1ccc2cc1Oc1cccc(c1)C(c1cccc(Cl)c1)N1CC[C@H](NCc3cncn3C2)C1=O. The minimum absolute atomic E-state index is 0.0509. The minimum atomic E-state index is -0.327. The van der Waals surface area contributed by atoms with Crippen molar-refractivity contribution in [1.29, 1.82) is 0 Å². The highest BCUT2D eigenvalue weighted by atomic mass is 35.5. The third kappa shape index (κ3) is 4.57. The molecule has 1 amide bonds. The summed E-state index contributed by atoms with van der Waals surface area (Å²) in [5.74, 6) is 1.14. The van der Waals surface area contributed by atoms with Crippen LogP contribution in [-0.4, -0.2) is 32.9 Å². The molecule has 3 heterocycles. The molecule has 0 saturated carbocycles. The first-order valence-electron chi connectivity index (χ1n) is 12.2. The largest absolute Gasteiger partial charge is 0.468 e. The fourth-order valence-electron chi connectivity index (χ4n) is 5.15. The van der Waals surface area contributed by atoms with Crippen LogP contribution in [0.5, 0.6) is 11.5 Å². The monoisotopic (exact) mass is 509 g/mol. The van der Waals surface area contributed by atoms with E-state index >= 15 is 0 Å². The van der Waals surface area contributed by atoms with Gasteiger partial charge in [0.05, 0.1) is 30.7 Å². The first kappa shape index (κ1) is 23.3. The van der Waals surface area contributed by atoms with Gasteiger partial charge < -0.3 is 19.5 Å². The quantitative estimate of drug-likeness (QED) is 0.333. The number of ether oxygens (including phenoxy) is 1. The number of aromatic nitrogens is 2. The van der Waals surface area contributed by atoms with Crippen molar-refractivity contribution >= 4 is 23.2 Å². The number of benzene rings is 3. The number of carbonyl (C=O) groups excluding carboxylic acids is 1. The average Bonchev–Trinajstić information content (AvgIpc) is 3.49. The number of halogens is 1. The Morgan fingerprint density at radius 2 is 1.92 bits per heavy atom. The van der Waals surface area contributed by atoms with Crippen molar-refractivity contribution in [1.82, 2.24) is 19.8 Å². The highest BCUT2D eigenvalue weighted by molar-refractivity contribution is 6.30. The lowest BCUT2D eigenvalue weighted by atomic mass is 9.97. The molecular formula is C29H24ClN5O2. The first-order chi connectivity index (χ1) is 18.1. The molecule has 0 spiro atoms. The molecule has 1 unspecified atom stereocenters. The Morgan fingerprint density at radius 3 is 2.76 bits per heavy atom. The lowest BCUT2D eigenvalue weighted by Gasteiger charge is -2.30. The van der Waals surface area contributed by atoms with Gasteiger partial charge in [-0.2, -0.15) is 0 Å². The summed E-state index contributed by atoms with van der Waals surface area (Å²) in [5.41, 5.74) is 4.25. The van der Waals surface area contributed by atoms with Crippen LogP contribution < -0.4 is 10.1 Å². The summed E-state index contributed by atoms with van der Waals surface area (Å²) in [7, 11) is 0. The number of nitrogens with zero attached hydrogens (tertiary/aromatic N) is 4. The molecular weight excluding hydrogens is 486 g/mol. The smallest absolute Gasteiger partial charge is 0.240 e. The molecule has 2 aliphatic heterocycles. The topological polar surface area (TPSA) is 63.8 Å². The van der Waals surface area contributed by atoms with Crippen molar-refractivity contribution in [3.63, 3.8) is 0 Å². The van der Waals surface area contributed by atoms with Crippen molar-refractivity contribution in [2.75, 3.05) is 6.54 Å². The number of fused-ring (bicyclic) bond motifs is 7. The maximum absolute atomic E-state index is 13.7. The predicted octanol–water partition coefficient (Wildman–Crippen LogP) is 5.72. The molecule has 6 rings (SSSR count). The molecule has 8 heteroatoms. The molecule has 2 atom stereocenters. The van der Waals surface area contributed by atoms with E-state index in [4.69, 9.17) is 22.9 Å². The highest BCUT2D eigenvalue weighted by Crippen LogP contribution is 2.38. The molecule has 184 valence electrons. The number of imidazole rings is 1. The zero-order chi connectivity index (χ0) is 25.4. The summed E-state index contributed by atoms with van der Waals surface area (Å²) >= 11 is 6.37. The van der Waals surface area contributed by atoms with Crippen molar-refractivity contribution in [2.24, 2.45) is 0 Å². The van der Waals surface area contributed by atoms with Crippen molar-refractivity contribution in [2.45, 2.75) is 31.6 Å². The van der Waals surface area contributed by atoms with Crippen LogP contribution in [0.2, 0.25) is 5.02 Å². The molecule has 37 heavy (non-hydrogen) atoms. The maximum Gasteiger partial charge on any atom is 0.240 e. The van der Waals surface area contributed by atoms with Crippen molar-refractivity contribution in [3.05, 3.63) is 118 Å². The Balaban J connectivity index is 1.48. The van der Waals surface area contributed by atoms with E-state index in [-0.39, 0.29) is 18.0 Å². The second kappa shape index (κ2) is 9.74. The van der Waals surface area contributed by atoms with E-state index in [2.05, 4.69) is 15.1 Å². The van der Waals surface area contributed by atoms with E-state index < -0.39 is 0 Å². The molecule has 7 nitrogen and oxygen atoms in total. The molecule has 0 aliphatic carbocycles. The van der Waals surface area contributed by atoms with E-state index in [0.717, 1.165) is 22.4 Å². The average molecular weight is 510 g/mol. The van der Waals surface area contributed by atoms with Crippen LogP contribution in [0.1, 0.15) is 34.8 Å². The molecule has 1 fully saturated rings. The van der Waals surface area contributed by atoms with Gasteiger partial charge in [-0.15, -0.1) is 0 Å². The van der Waals surface area contributed by atoms with Gasteiger partial charge in [-0.25, -0.2) is 9.83 Å². The molecule has 0 radical (unpaired) electrons. The van der Waals surface area contributed by atoms with Gasteiger partial charge in [0.15, 0.2) is 0 Å². The molecule has 2 aliphatic rings. The Bertz CT molecular complexity index is 1520. The van der Waals surface area contributed by atoms with Crippen LogP contribution in [0, 0.1) is 6.57 Å². The third-order valence-electron chi connectivity index (χ3n) is 6.94. The Kier molecular flexibility index (Phi) is 6.13. The molecule has 1 aromatic heterocycles. The summed E-state index contributed by atoms with van der Waals surface area (Å²) in [6.07, 6.45) is 4.30. The number of amides is 1. The van der Waals surface area contributed by atoms with Crippen LogP contribution in [-0.2, 0) is 17.9 Å². The highest BCUT2D eigenvalue weighted by Gasteiger charge is 2.37. The normalized spacial score (nSPS) is 19.1. The Hall–Kier alpha value is -4.12. The van der Waals surface area contributed by atoms with E-state index in [1.54, 1.807) is 12.4 Å². The standard InChI is InChI=1S/C29H24ClN5O2/c1-31-25-9-8-19-12-27(25)37-24-7-3-5-21(14-24)28(20-4-2-6-22(30)13-20)35-11-10-26(29(35)36)33-16-23-15-32-18-34(23)17-19/h2-9,12-15,18,26,28,33H,10-11,16-17H2/t26-,28?/m0/s1. The Morgan fingerprint density at radius 1 is 1.08 bits per heavy atom. The number of rotatable bonds is 1. The zero-order valence-corrected chi connectivity index (χ0v) is 20.7. The number of hydrogen-bond donors (Lipinski definition) is 1. The van der Waals surface area contributed by atoms with E-state index in [0.29, 0.717) is 48.3 Å². The molecule has 6 bridgehead atoms. The Labute approximate surface area is 220 Å². The van der Waals surface area contributed by atoms with Gasteiger partial charge in [-0.05, 0) is 53.4 Å². The lowest BCUT2D eigenvalue weighted by molar-refractivity contribution is -0.130. The summed E-state index contributed by atoms with van der Waals surface area (Å²) < 4.78 is 8.33. The van der Waals surface area contributed by atoms with Gasteiger partial charge in [-0.1, -0.05) is 48.0 Å². The number of hydrogen-bond acceptors (Lipinski definition) is 4. The summed E-state index contributed by atoms with van der Waals surface area (Å²) in [6.45, 7) is 9.34. The second-order valence-corrected chi connectivity index (χ2v) is 9.75. The molecule has 3 aromatic carbocycles. The molecule has 1 N–H and O–H groups in total. The maximum atomic E-state index is 13.7.